The molecule has 0 aliphatic rings. The lowest BCUT2D eigenvalue weighted by Gasteiger charge is -2.05. The summed E-state index contributed by atoms with van der Waals surface area (Å²) < 4.78 is 39.3. The summed E-state index contributed by atoms with van der Waals surface area (Å²) in [5, 5.41) is 0. The van der Waals surface area contributed by atoms with Crippen LogP contribution in [0, 0.1) is 6.92 Å². The van der Waals surface area contributed by atoms with E-state index in [0.29, 0.717) is 0 Å². The summed E-state index contributed by atoms with van der Waals surface area (Å²) in [6, 6.07) is 14.1. The second-order valence-corrected chi connectivity index (χ2v) is 11.2. The summed E-state index contributed by atoms with van der Waals surface area (Å²) in [6.07, 6.45) is 19.3. The molecule has 3 aromatic rings. The Kier molecular flexibility index (Phi) is 13.8. The zero-order valence-corrected chi connectivity index (χ0v) is 23.3. The second kappa shape index (κ2) is 16.5. The van der Waals surface area contributed by atoms with E-state index in [0.717, 1.165) is 23.5 Å². The van der Waals surface area contributed by atoms with E-state index < -0.39 is 10.1 Å². The zero-order chi connectivity index (χ0) is 26.2. The van der Waals surface area contributed by atoms with Crippen molar-refractivity contribution in [2.75, 3.05) is 0 Å². The van der Waals surface area contributed by atoms with Crippen molar-refractivity contribution >= 4 is 21.2 Å². The fourth-order valence-electron chi connectivity index (χ4n) is 4.37. The van der Waals surface area contributed by atoms with Gasteiger partial charge in [0.2, 0.25) is 5.58 Å². The van der Waals surface area contributed by atoms with E-state index in [4.69, 9.17) is 4.42 Å². The Morgan fingerprint density at radius 3 is 1.75 bits per heavy atom. The van der Waals surface area contributed by atoms with E-state index in [9.17, 15) is 13.0 Å². The highest BCUT2D eigenvalue weighted by Crippen LogP contribution is 2.16. The van der Waals surface area contributed by atoms with Crippen LogP contribution >= 0.6 is 0 Å². The molecule has 3 rings (SSSR count). The standard InChI is InChI=1S/C23H38NO.C7H8O3S/c1-3-4-5-6-7-8-9-10-11-12-13-14-15-20-23-24(2)21-18-16-17-19-22(21)25-23;1-6-2-4-7(5-3-6)11(8,9)10/h16-19H,3-15,20H2,1-2H3;2-5H,1H3,(H,8,9,10)/q+1;/p-1. The Morgan fingerprint density at radius 1 is 0.750 bits per heavy atom. The first-order chi connectivity index (χ1) is 17.3. The smallest absolute Gasteiger partial charge is 0.347 e. The van der Waals surface area contributed by atoms with Crippen molar-refractivity contribution in [2.24, 2.45) is 7.05 Å². The molecule has 0 spiro atoms. The van der Waals surface area contributed by atoms with Crippen LogP contribution in [0.25, 0.3) is 11.1 Å². The Labute approximate surface area is 218 Å². The molecule has 200 valence electrons. The number of aromatic nitrogens is 1. The molecule has 0 unspecified atom stereocenters. The minimum absolute atomic E-state index is 0.178. The molecule has 0 fully saturated rings. The van der Waals surface area contributed by atoms with Crippen LogP contribution in [0.5, 0.6) is 0 Å². The van der Waals surface area contributed by atoms with E-state index in [1.165, 1.54) is 101 Å². The molecule has 0 bridgehead atoms. The summed E-state index contributed by atoms with van der Waals surface area (Å²) in [4.78, 5) is -0.178. The second-order valence-electron chi connectivity index (χ2n) is 9.78. The number of hydrogen-bond donors (Lipinski definition) is 0. The molecule has 0 aliphatic carbocycles. The maximum Gasteiger partial charge on any atom is 0.347 e. The number of benzene rings is 2. The van der Waals surface area contributed by atoms with Gasteiger partial charge in [0.15, 0.2) is 0 Å². The highest BCUT2D eigenvalue weighted by atomic mass is 32.2. The van der Waals surface area contributed by atoms with E-state index in [2.05, 4.69) is 36.7 Å². The van der Waals surface area contributed by atoms with Crippen molar-refractivity contribution < 1.29 is 22.0 Å². The van der Waals surface area contributed by atoms with Gasteiger partial charge in [0, 0.05) is 6.07 Å². The number of fused-ring (bicyclic) bond motifs is 1. The van der Waals surface area contributed by atoms with Crippen LogP contribution in [0.4, 0.5) is 0 Å². The van der Waals surface area contributed by atoms with Gasteiger partial charge in [-0.25, -0.2) is 8.42 Å². The van der Waals surface area contributed by atoms with E-state index in [-0.39, 0.29) is 4.90 Å². The van der Waals surface area contributed by atoms with Crippen LogP contribution in [0.3, 0.4) is 0 Å². The van der Waals surface area contributed by atoms with Crippen molar-refractivity contribution in [1.82, 2.24) is 0 Å². The zero-order valence-electron chi connectivity index (χ0n) is 22.5. The number of oxazole rings is 1. The molecule has 36 heavy (non-hydrogen) atoms. The summed E-state index contributed by atoms with van der Waals surface area (Å²) in [7, 11) is -2.16. The molecule has 2 aromatic carbocycles. The van der Waals surface area contributed by atoms with Gasteiger partial charge in [0.25, 0.3) is 5.52 Å². The molecule has 0 radical (unpaired) electrons. The third-order valence-electron chi connectivity index (χ3n) is 6.63. The van der Waals surface area contributed by atoms with Crippen LogP contribution in [0.2, 0.25) is 0 Å². The highest BCUT2D eigenvalue weighted by Gasteiger charge is 2.17. The molecular weight excluding hydrogens is 470 g/mol. The molecule has 0 aliphatic heterocycles. The molecule has 1 aromatic heterocycles. The summed E-state index contributed by atoms with van der Waals surface area (Å²) >= 11 is 0. The molecule has 0 saturated carbocycles. The largest absolute Gasteiger partial charge is 0.744 e. The SMILES string of the molecule is CCCCCCCCCCCCCCCc1oc2ccccc2[n+]1C.Cc1ccc(S(=O)(=O)[O-])cc1. The molecule has 0 atom stereocenters. The first-order valence-corrected chi connectivity index (χ1v) is 15.1. The predicted octanol–water partition coefficient (Wildman–Crippen LogP) is 7.79. The molecule has 6 heteroatoms. The van der Waals surface area contributed by atoms with Crippen LogP contribution in [-0.4, -0.2) is 13.0 Å². The quantitative estimate of drug-likeness (QED) is 0.118. The van der Waals surface area contributed by atoms with Gasteiger partial charge in [0.1, 0.15) is 17.2 Å². The first kappa shape index (κ1) is 30.0. The average molecular weight is 516 g/mol. The maximum absolute atomic E-state index is 10.4. The van der Waals surface area contributed by atoms with Crippen LogP contribution in [-0.2, 0) is 23.6 Å². The molecule has 1 heterocycles. The van der Waals surface area contributed by atoms with E-state index in [1.54, 1.807) is 12.1 Å². The third-order valence-corrected chi connectivity index (χ3v) is 7.48. The number of hydrogen-bond acceptors (Lipinski definition) is 4. The van der Waals surface area contributed by atoms with Crippen molar-refractivity contribution in [3.63, 3.8) is 0 Å². The van der Waals surface area contributed by atoms with Gasteiger partial charge in [-0.1, -0.05) is 114 Å². The lowest BCUT2D eigenvalue weighted by molar-refractivity contribution is -0.658. The summed E-state index contributed by atoms with van der Waals surface area (Å²) in [6.45, 7) is 4.11. The number of unbranched alkanes of at least 4 members (excludes halogenated alkanes) is 12. The normalized spacial score (nSPS) is 11.4. The maximum atomic E-state index is 10.4. The fraction of sp³-hybridized carbons (Fsp3) is 0.567. The number of aryl methyl sites for hydroxylation is 3. The average Bonchev–Trinajstić information content (AvgIpc) is 3.17. The van der Waals surface area contributed by atoms with Gasteiger partial charge in [-0.2, -0.15) is 4.57 Å². The van der Waals surface area contributed by atoms with Gasteiger partial charge in [0.05, 0.1) is 11.3 Å². The van der Waals surface area contributed by atoms with Gasteiger partial charge in [-0.15, -0.1) is 0 Å². The lowest BCUT2D eigenvalue weighted by atomic mass is 10.0. The van der Waals surface area contributed by atoms with Gasteiger partial charge < -0.3 is 8.97 Å². The molecule has 0 amide bonds. The summed E-state index contributed by atoms with van der Waals surface area (Å²) in [5.74, 6) is 1.12. The minimum atomic E-state index is -4.27. The molecule has 5 nitrogen and oxygen atoms in total. The molecule has 0 saturated heterocycles. The van der Waals surface area contributed by atoms with Crippen molar-refractivity contribution in [1.29, 1.82) is 0 Å². The number of nitrogens with zero attached hydrogens (tertiary/aromatic N) is 1. The molecular formula is C30H45NO4S. The van der Waals surface area contributed by atoms with Crippen LogP contribution in [0.15, 0.2) is 57.8 Å². The Balaban J connectivity index is 0.000000346. The predicted molar refractivity (Wildman–Crippen MR) is 146 cm³/mol. The van der Waals surface area contributed by atoms with E-state index >= 15 is 0 Å². The van der Waals surface area contributed by atoms with Crippen LogP contribution in [0.1, 0.15) is 102 Å². The summed E-state index contributed by atoms with van der Waals surface area (Å²) in [5.41, 5.74) is 3.14. The number of para-hydroxylation sites is 2. The van der Waals surface area contributed by atoms with Gasteiger partial charge >= 0.3 is 5.89 Å². The topological polar surface area (TPSA) is 74.2 Å². The Hall–Kier alpha value is -2.18. The third kappa shape index (κ3) is 11.3. The van der Waals surface area contributed by atoms with Crippen LogP contribution < -0.4 is 4.57 Å². The highest BCUT2D eigenvalue weighted by molar-refractivity contribution is 7.85. The first-order valence-electron chi connectivity index (χ1n) is 13.7. The van der Waals surface area contributed by atoms with Gasteiger partial charge in [-0.3, -0.25) is 0 Å². The Bertz CT molecular complexity index is 1100. The van der Waals surface area contributed by atoms with Crippen molar-refractivity contribution in [3.05, 3.63) is 60.0 Å². The Morgan fingerprint density at radius 2 is 1.25 bits per heavy atom. The fourth-order valence-corrected chi connectivity index (χ4v) is 4.84. The van der Waals surface area contributed by atoms with Crippen molar-refractivity contribution in [2.45, 2.75) is 109 Å². The van der Waals surface area contributed by atoms with E-state index in [1.807, 2.05) is 13.0 Å². The molecule has 0 N–H and O–H groups in total. The minimum Gasteiger partial charge on any atom is -0.744 e. The monoisotopic (exact) mass is 515 g/mol. The van der Waals surface area contributed by atoms with Crippen molar-refractivity contribution in [3.8, 4) is 0 Å². The number of rotatable bonds is 15. The lowest BCUT2D eigenvalue weighted by Crippen LogP contribution is -2.30. The van der Waals surface area contributed by atoms with Gasteiger partial charge in [-0.05, 0) is 31.5 Å².